The van der Waals surface area contributed by atoms with Gasteiger partial charge in [-0.25, -0.2) is 0 Å². The van der Waals surface area contributed by atoms with Crippen LogP contribution in [0.15, 0.2) is 30.3 Å². The van der Waals surface area contributed by atoms with E-state index < -0.39 is 6.10 Å². The Morgan fingerprint density at radius 3 is 2.71 bits per heavy atom. The van der Waals surface area contributed by atoms with E-state index in [1.54, 1.807) is 0 Å². The molecular weight excluding hydrogens is 270 g/mol. The monoisotopic (exact) mass is 291 g/mol. The Balaban J connectivity index is 1.67. The summed E-state index contributed by atoms with van der Waals surface area (Å²) >= 11 is 0. The van der Waals surface area contributed by atoms with Crippen molar-refractivity contribution in [2.75, 3.05) is 20.2 Å². The van der Waals surface area contributed by atoms with Crippen molar-refractivity contribution in [1.29, 1.82) is 0 Å². The first-order chi connectivity index (χ1) is 10.1. The van der Waals surface area contributed by atoms with E-state index in [2.05, 4.69) is 10.9 Å². The zero-order valence-electron chi connectivity index (χ0n) is 12.2. The Hall–Kier alpha value is -1.92. The van der Waals surface area contributed by atoms with Crippen molar-refractivity contribution in [2.45, 2.75) is 25.5 Å². The van der Waals surface area contributed by atoms with Gasteiger partial charge in [0.15, 0.2) is 0 Å². The van der Waals surface area contributed by atoms with Gasteiger partial charge in [-0.3, -0.25) is 25.3 Å². The van der Waals surface area contributed by atoms with Gasteiger partial charge in [0.25, 0.3) is 11.8 Å². The first-order valence-electron chi connectivity index (χ1n) is 7.08. The maximum Gasteiger partial charge on any atom is 0.267 e. The number of likely N-dealkylation sites (N-methyl/N-ethyl adjacent to an activating group) is 1. The molecule has 0 aromatic heterocycles. The highest BCUT2D eigenvalue weighted by molar-refractivity contribution is 5.85. The second kappa shape index (κ2) is 7.75. The summed E-state index contributed by atoms with van der Waals surface area (Å²) < 4.78 is 5.23. The van der Waals surface area contributed by atoms with Gasteiger partial charge < -0.3 is 4.74 Å². The smallest absolute Gasteiger partial charge is 0.267 e. The number of benzene rings is 1. The summed E-state index contributed by atoms with van der Waals surface area (Å²) in [7, 11) is 1.86. The molecule has 0 radical (unpaired) electrons. The molecule has 1 atom stereocenters. The predicted molar refractivity (Wildman–Crippen MR) is 78.0 cm³/mol. The maximum absolute atomic E-state index is 11.8. The molecule has 114 valence electrons. The Bertz CT molecular complexity index is 472. The molecule has 0 saturated carbocycles. The van der Waals surface area contributed by atoms with Gasteiger partial charge in [0.2, 0.25) is 0 Å². The fraction of sp³-hybridized carbons (Fsp3) is 0.467. The van der Waals surface area contributed by atoms with Crippen molar-refractivity contribution < 1.29 is 14.3 Å². The minimum Gasteiger partial charge on any atom is -0.368 e. The summed E-state index contributed by atoms with van der Waals surface area (Å²) in [5.41, 5.74) is 5.95. The van der Waals surface area contributed by atoms with E-state index in [1.165, 1.54) is 0 Å². The van der Waals surface area contributed by atoms with E-state index in [-0.39, 0.29) is 18.4 Å². The number of nitrogens with zero attached hydrogens (tertiary/aromatic N) is 1. The van der Waals surface area contributed by atoms with Crippen LogP contribution in [0.4, 0.5) is 0 Å². The van der Waals surface area contributed by atoms with Crippen molar-refractivity contribution in [2.24, 2.45) is 0 Å². The largest absolute Gasteiger partial charge is 0.368 e. The molecule has 21 heavy (non-hydrogen) atoms. The lowest BCUT2D eigenvalue weighted by Gasteiger charge is -2.17. The third-order valence-electron chi connectivity index (χ3n) is 3.26. The van der Waals surface area contributed by atoms with Gasteiger partial charge in [-0.05, 0) is 25.5 Å². The molecule has 2 amide bonds. The molecule has 1 aliphatic heterocycles. The van der Waals surface area contributed by atoms with Gasteiger partial charge in [-0.2, -0.15) is 0 Å². The second-order valence-electron chi connectivity index (χ2n) is 5.20. The highest BCUT2D eigenvalue weighted by Gasteiger charge is 2.23. The molecule has 1 aliphatic rings. The number of amides is 2. The minimum atomic E-state index is -0.438. The van der Waals surface area contributed by atoms with Gasteiger partial charge in [-0.15, -0.1) is 0 Å². The predicted octanol–water partition coefficient (Wildman–Crippen LogP) is 0.445. The minimum absolute atomic E-state index is 0.209. The van der Waals surface area contributed by atoms with Gasteiger partial charge >= 0.3 is 0 Å². The molecule has 1 unspecified atom stereocenters. The van der Waals surface area contributed by atoms with Gasteiger partial charge in [-0.1, -0.05) is 30.3 Å². The standard InChI is InChI=1S/C15H21N3O3/c1-18(10-12-6-3-2-4-7-12)11-14(19)16-17-15(20)13-8-5-9-21-13/h2-4,6-7,13H,5,8-11H2,1H3,(H,16,19)(H,17,20). The van der Waals surface area contributed by atoms with Crippen LogP contribution in [0.2, 0.25) is 0 Å². The lowest BCUT2D eigenvalue weighted by atomic mass is 10.2. The van der Waals surface area contributed by atoms with E-state index in [0.717, 1.165) is 12.0 Å². The molecule has 1 aromatic carbocycles. The summed E-state index contributed by atoms with van der Waals surface area (Å²) in [6, 6.07) is 9.90. The van der Waals surface area contributed by atoms with E-state index in [4.69, 9.17) is 4.74 Å². The molecule has 6 nitrogen and oxygen atoms in total. The molecule has 2 rings (SSSR count). The summed E-state index contributed by atoms with van der Waals surface area (Å²) in [5, 5.41) is 0. The fourth-order valence-corrected chi connectivity index (χ4v) is 2.23. The molecule has 1 heterocycles. The first-order valence-corrected chi connectivity index (χ1v) is 7.08. The van der Waals surface area contributed by atoms with Crippen LogP contribution in [-0.2, 0) is 20.9 Å². The number of carbonyl (C=O) groups excluding carboxylic acids is 2. The van der Waals surface area contributed by atoms with Crippen LogP contribution in [0.3, 0.4) is 0 Å². The highest BCUT2D eigenvalue weighted by Crippen LogP contribution is 2.11. The number of hydrogen-bond donors (Lipinski definition) is 2. The summed E-state index contributed by atoms with van der Waals surface area (Å²) in [6.45, 7) is 1.49. The van der Waals surface area contributed by atoms with Gasteiger partial charge in [0.05, 0.1) is 6.54 Å². The summed E-state index contributed by atoms with van der Waals surface area (Å²) in [5.74, 6) is -0.536. The topological polar surface area (TPSA) is 70.7 Å². The van der Waals surface area contributed by atoms with E-state index in [0.29, 0.717) is 19.6 Å². The van der Waals surface area contributed by atoms with Crippen molar-refractivity contribution >= 4 is 11.8 Å². The zero-order chi connectivity index (χ0) is 15.1. The van der Waals surface area contributed by atoms with Crippen molar-refractivity contribution in [3.63, 3.8) is 0 Å². The molecule has 1 saturated heterocycles. The van der Waals surface area contributed by atoms with Crippen LogP contribution < -0.4 is 10.9 Å². The van der Waals surface area contributed by atoms with E-state index in [1.807, 2.05) is 42.3 Å². The summed E-state index contributed by atoms with van der Waals surface area (Å²) in [6.07, 6.45) is 1.15. The number of ether oxygens (including phenoxy) is 1. The molecule has 6 heteroatoms. The Morgan fingerprint density at radius 1 is 1.29 bits per heavy atom. The number of carbonyl (C=O) groups is 2. The van der Waals surface area contributed by atoms with Gasteiger partial charge in [0, 0.05) is 13.2 Å². The highest BCUT2D eigenvalue weighted by atomic mass is 16.5. The quantitative estimate of drug-likeness (QED) is 0.773. The van der Waals surface area contributed by atoms with Crippen LogP contribution in [0, 0.1) is 0 Å². The lowest BCUT2D eigenvalue weighted by Crippen LogP contribution is -2.48. The number of hydrogen-bond acceptors (Lipinski definition) is 4. The first kappa shape index (κ1) is 15.5. The third-order valence-corrected chi connectivity index (χ3v) is 3.26. The van der Waals surface area contributed by atoms with E-state index in [9.17, 15) is 9.59 Å². The molecule has 0 aliphatic carbocycles. The number of rotatable bonds is 5. The third kappa shape index (κ3) is 5.17. The Labute approximate surface area is 124 Å². The van der Waals surface area contributed by atoms with Crippen molar-refractivity contribution in [3.8, 4) is 0 Å². The average molecular weight is 291 g/mol. The van der Waals surface area contributed by atoms with Crippen LogP contribution in [0.25, 0.3) is 0 Å². The Kier molecular flexibility index (Phi) is 5.71. The molecule has 0 bridgehead atoms. The molecule has 1 fully saturated rings. The van der Waals surface area contributed by atoms with Crippen LogP contribution in [0.5, 0.6) is 0 Å². The lowest BCUT2D eigenvalue weighted by molar-refractivity contribution is -0.135. The normalized spacial score (nSPS) is 17.7. The Morgan fingerprint density at radius 2 is 2.05 bits per heavy atom. The van der Waals surface area contributed by atoms with Crippen molar-refractivity contribution in [1.82, 2.24) is 15.8 Å². The molecular formula is C15H21N3O3. The summed E-state index contributed by atoms with van der Waals surface area (Å²) in [4.78, 5) is 25.3. The van der Waals surface area contributed by atoms with Gasteiger partial charge in [0.1, 0.15) is 6.10 Å². The SMILES string of the molecule is CN(CC(=O)NNC(=O)C1CCCO1)Cc1ccccc1. The molecule has 2 N–H and O–H groups in total. The zero-order valence-corrected chi connectivity index (χ0v) is 12.2. The maximum atomic E-state index is 11.8. The number of nitrogens with one attached hydrogen (secondary N) is 2. The van der Waals surface area contributed by atoms with Crippen LogP contribution in [0.1, 0.15) is 18.4 Å². The van der Waals surface area contributed by atoms with Crippen LogP contribution >= 0.6 is 0 Å². The number of hydrazine groups is 1. The fourth-order valence-electron chi connectivity index (χ4n) is 2.23. The second-order valence-corrected chi connectivity index (χ2v) is 5.20. The molecule has 1 aromatic rings. The average Bonchev–Trinajstić information content (AvgIpc) is 3.00. The van der Waals surface area contributed by atoms with Crippen LogP contribution in [-0.4, -0.2) is 43.0 Å². The van der Waals surface area contributed by atoms with E-state index >= 15 is 0 Å². The van der Waals surface area contributed by atoms with Crippen molar-refractivity contribution in [3.05, 3.63) is 35.9 Å². The molecule has 0 spiro atoms.